The molecule has 98 valence electrons. The van der Waals surface area contributed by atoms with Gasteiger partial charge in [0.15, 0.2) is 5.84 Å². The molecule has 1 fully saturated rings. The van der Waals surface area contributed by atoms with Crippen LogP contribution in [0.3, 0.4) is 0 Å². The first-order valence-electron chi connectivity index (χ1n) is 6.09. The van der Waals surface area contributed by atoms with Gasteiger partial charge in [-0.3, -0.25) is 0 Å². The van der Waals surface area contributed by atoms with Crippen molar-refractivity contribution in [2.75, 3.05) is 0 Å². The zero-order valence-electron chi connectivity index (χ0n) is 10.1. The van der Waals surface area contributed by atoms with E-state index in [0.29, 0.717) is 5.56 Å². The molecule has 3 N–H and O–H groups in total. The maximum absolute atomic E-state index is 14.0. The highest BCUT2D eigenvalue weighted by atomic mass is 19.1. The number of ether oxygens (including phenoxy) is 1. The van der Waals surface area contributed by atoms with Crippen LogP contribution in [-0.2, 0) is 11.3 Å². The van der Waals surface area contributed by atoms with Crippen LogP contribution in [0.4, 0.5) is 4.39 Å². The maximum Gasteiger partial charge on any atom is 0.173 e. The van der Waals surface area contributed by atoms with Crippen molar-refractivity contribution in [3.05, 3.63) is 35.1 Å². The molecule has 1 aromatic rings. The summed E-state index contributed by atoms with van der Waals surface area (Å²) < 4.78 is 19.7. The molecule has 1 aromatic carbocycles. The fourth-order valence-corrected chi connectivity index (χ4v) is 2.21. The van der Waals surface area contributed by atoms with Crippen LogP contribution in [-0.4, -0.2) is 17.1 Å². The summed E-state index contributed by atoms with van der Waals surface area (Å²) in [6.45, 7) is 0.225. The van der Waals surface area contributed by atoms with Crippen LogP contribution in [0.25, 0.3) is 0 Å². The fourth-order valence-electron chi connectivity index (χ4n) is 2.21. The van der Waals surface area contributed by atoms with Crippen molar-refractivity contribution in [2.24, 2.45) is 10.9 Å². The molecule has 0 bridgehead atoms. The predicted octanol–water partition coefficient (Wildman–Crippen LogP) is 2.38. The summed E-state index contributed by atoms with van der Waals surface area (Å²) >= 11 is 0. The number of hydrogen-bond acceptors (Lipinski definition) is 3. The molecule has 1 aliphatic rings. The second-order valence-electron chi connectivity index (χ2n) is 4.48. The monoisotopic (exact) mass is 252 g/mol. The highest BCUT2D eigenvalue weighted by Crippen LogP contribution is 2.23. The Hall–Kier alpha value is -1.62. The molecule has 0 radical (unpaired) electrons. The molecule has 5 heteroatoms. The zero-order chi connectivity index (χ0) is 13.0. The molecule has 4 nitrogen and oxygen atoms in total. The summed E-state index contributed by atoms with van der Waals surface area (Å²) in [7, 11) is 0. The molecule has 0 aromatic heterocycles. The van der Waals surface area contributed by atoms with E-state index in [9.17, 15) is 4.39 Å². The average Bonchev–Trinajstić information content (AvgIpc) is 2.90. The molecule has 0 heterocycles. The summed E-state index contributed by atoms with van der Waals surface area (Å²) in [5.41, 5.74) is 5.94. The van der Waals surface area contributed by atoms with Crippen molar-refractivity contribution >= 4 is 5.84 Å². The standard InChI is InChI=1S/C13H17FN2O2/c14-12-9(8-18-10-5-1-2-6-10)4-3-7-11(12)13(15)16-17/h3-4,7,10,17H,1-2,5-6,8H2,(H2,15,16). The average molecular weight is 252 g/mol. The largest absolute Gasteiger partial charge is 0.409 e. The Bertz CT molecular complexity index is 443. The van der Waals surface area contributed by atoms with Crippen molar-refractivity contribution in [1.29, 1.82) is 0 Å². The number of nitrogens with two attached hydrogens (primary N) is 1. The first-order valence-corrected chi connectivity index (χ1v) is 6.09. The first-order chi connectivity index (χ1) is 8.72. The van der Waals surface area contributed by atoms with Crippen molar-refractivity contribution in [2.45, 2.75) is 38.4 Å². The van der Waals surface area contributed by atoms with E-state index in [-0.39, 0.29) is 24.1 Å². The van der Waals surface area contributed by atoms with Gasteiger partial charge in [0.25, 0.3) is 0 Å². The van der Waals surface area contributed by atoms with Crippen molar-refractivity contribution in [1.82, 2.24) is 0 Å². The van der Waals surface area contributed by atoms with Crippen LogP contribution in [0.15, 0.2) is 23.4 Å². The zero-order valence-corrected chi connectivity index (χ0v) is 10.1. The lowest BCUT2D eigenvalue weighted by atomic mass is 10.1. The van der Waals surface area contributed by atoms with Gasteiger partial charge in [0, 0.05) is 5.56 Å². The van der Waals surface area contributed by atoms with Crippen LogP contribution in [0.1, 0.15) is 36.8 Å². The Labute approximate surface area is 105 Å². The van der Waals surface area contributed by atoms with Gasteiger partial charge in [-0.05, 0) is 18.9 Å². The number of amidine groups is 1. The first kappa shape index (κ1) is 12.8. The Balaban J connectivity index is 2.08. The molecule has 0 unspecified atom stereocenters. The van der Waals surface area contributed by atoms with Crippen LogP contribution in [0, 0.1) is 5.82 Å². The molecule has 1 aliphatic carbocycles. The van der Waals surface area contributed by atoms with Crippen LogP contribution < -0.4 is 5.73 Å². The van der Waals surface area contributed by atoms with E-state index in [2.05, 4.69) is 5.16 Å². The number of halogens is 1. The summed E-state index contributed by atoms with van der Waals surface area (Å²) in [5, 5.41) is 11.4. The highest BCUT2D eigenvalue weighted by molar-refractivity contribution is 5.97. The fraction of sp³-hybridized carbons (Fsp3) is 0.462. The second-order valence-corrected chi connectivity index (χ2v) is 4.48. The Kier molecular flexibility index (Phi) is 4.15. The third-order valence-electron chi connectivity index (χ3n) is 3.24. The molecule has 0 spiro atoms. The van der Waals surface area contributed by atoms with Gasteiger partial charge in [0.05, 0.1) is 18.3 Å². The van der Waals surface area contributed by atoms with Crippen LogP contribution in [0.2, 0.25) is 0 Å². The molecule has 0 amide bonds. The molecule has 0 saturated heterocycles. The molecule has 0 aliphatic heterocycles. The van der Waals surface area contributed by atoms with E-state index in [0.717, 1.165) is 12.8 Å². The van der Waals surface area contributed by atoms with Gasteiger partial charge >= 0.3 is 0 Å². The van der Waals surface area contributed by atoms with E-state index in [1.807, 2.05) is 0 Å². The van der Waals surface area contributed by atoms with E-state index in [4.69, 9.17) is 15.7 Å². The van der Waals surface area contributed by atoms with Gasteiger partial charge in [-0.15, -0.1) is 0 Å². The minimum absolute atomic E-state index is 0.102. The number of benzene rings is 1. The molecule has 18 heavy (non-hydrogen) atoms. The lowest BCUT2D eigenvalue weighted by Gasteiger charge is -2.12. The van der Waals surface area contributed by atoms with Crippen LogP contribution in [0.5, 0.6) is 0 Å². The lowest BCUT2D eigenvalue weighted by molar-refractivity contribution is 0.0441. The molecule has 1 saturated carbocycles. The molecular formula is C13H17FN2O2. The summed E-state index contributed by atoms with van der Waals surface area (Å²) in [6, 6.07) is 4.80. The van der Waals surface area contributed by atoms with Gasteiger partial charge in [0.2, 0.25) is 0 Å². The quantitative estimate of drug-likeness (QED) is 0.374. The van der Waals surface area contributed by atoms with Gasteiger partial charge in [0.1, 0.15) is 5.82 Å². The van der Waals surface area contributed by atoms with Gasteiger partial charge in [-0.25, -0.2) is 4.39 Å². The summed E-state index contributed by atoms with van der Waals surface area (Å²) in [4.78, 5) is 0. The third-order valence-corrected chi connectivity index (χ3v) is 3.24. The van der Waals surface area contributed by atoms with E-state index >= 15 is 0 Å². The normalized spacial score (nSPS) is 17.3. The van der Waals surface area contributed by atoms with E-state index < -0.39 is 5.82 Å². The Morgan fingerprint density at radius 3 is 2.83 bits per heavy atom. The Morgan fingerprint density at radius 2 is 2.17 bits per heavy atom. The summed E-state index contributed by atoms with van der Waals surface area (Å²) in [5.74, 6) is -0.707. The van der Waals surface area contributed by atoms with E-state index in [1.54, 1.807) is 12.1 Å². The van der Waals surface area contributed by atoms with Crippen LogP contribution >= 0.6 is 0 Å². The lowest BCUT2D eigenvalue weighted by Crippen LogP contribution is -2.16. The number of hydrogen-bond donors (Lipinski definition) is 2. The SMILES string of the molecule is N/C(=N/O)c1cccc(COC2CCCC2)c1F. The topological polar surface area (TPSA) is 67.8 Å². The summed E-state index contributed by atoms with van der Waals surface area (Å²) in [6.07, 6.45) is 4.68. The smallest absolute Gasteiger partial charge is 0.173 e. The van der Waals surface area contributed by atoms with Gasteiger partial charge in [-0.1, -0.05) is 30.1 Å². The molecular weight excluding hydrogens is 235 g/mol. The minimum Gasteiger partial charge on any atom is -0.409 e. The predicted molar refractivity (Wildman–Crippen MR) is 66.0 cm³/mol. The minimum atomic E-state index is -0.481. The van der Waals surface area contributed by atoms with E-state index in [1.165, 1.54) is 18.9 Å². The number of rotatable bonds is 4. The number of nitrogens with zero attached hydrogens (tertiary/aromatic N) is 1. The van der Waals surface area contributed by atoms with Crippen molar-refractivity contribution < 1.29 is 14.3 Å². The third kappa shape index (κ3) is 2.79. The van der Waals surface area contributed by atoms with Gasteiger partial charge < -0.3 is 15.7 Å². The highest BCUT2D eigenvalue weighted by Gasteiger charge is 2.17. The maximum atomic E-state index is 14.0. The molecule has 2 rings (SSSR count). The molecule has 0 atom stereocenters. The van der Waals surface area contributed by atoms with Crippen molar-refractivity contribution in [3.63, 3.8) is 0 Å². The second kappa shape index (κ2) is 5.82. The van der Waals surface area contributed by atoms with Gasteiger partial charge in [-0.2, -0.15) is 0 Å². The van der Waals surface area contributed by atoms with Crippen molar-refractivity contribution in [3.8, 4) is 0 Å². The number of oxime groups is 1. The Morgan fingerprint density at radius 1 is 1.44 bits per heavy atom.